The molecule has 1 fully saturated rings. The predicted molar refractivity (Wildman–Crippen MR) is 126 cm³/mol. The Kier molecular flexibility index (Phi) is 6.75. The molecule has 4 amide bonds. The summed E-state index contributed by atoms with van der Waals surface area (Å²) in [4.78, 5) is 45.0. The second-order valence-corrected chi connectivity index (χ2v) is 8.47. The number of halogens is 3. The summed E-state index contributed by atoms with van der Waals surface area (Å²) in [7, 11) is 0. The predicted octanol–water partition coefficient (Wildman–Crippen LogP) is 5.34. The van der Waals surface area contributed by atoms with Gasteiger partial charge in [-0.2, -0.15) is 0 Å². The number of carbonyl (C=O) groups excluding carboxylic acids is 3. The number of benzene rings is 2. The topological polar surface area (TPSA) is 101 Å². The molecule has 1 aliphatic rings. The Bertz CT molecular complexity index is 1310. The van der Waals surface area contributed by atoms with E-state index in [4.69, 9.17) is 4.74 Å². The number of alkyl halides is 3. The van der Waals surface area contributed by atoms with Gasteiger partial charge in [-0.05, 0) is 61.9 Å². The van der Waals surface area contributed by atoms with Crippen molar-refractivity contribution < 1.29 is 37.0 Å². The van der Waals surface area contributed by atoms with Crippen LogP contribution in [0.5, 0.6) is 11.5 Å². The number of para-hydroxylation sites is 1. The fourth-order valence-corrected chi connectivity index (χ4v) is 3.70. The number of nitrogens with zero attached hydrogens (tertiary/aromatic N) is 3. The van der Waals surface area contributed by atoms with E-state index in [1.54, 1.807) is 50.2 Å². The molecule has 0 radical (unpaired) electrons. The van der Waals surface area contributed by atoms with Gasteiger partial charge >= 0.3 is 18.5 Å². The van der Waals surface area contributed by atoms with Gasteiger partial charge in [0, 0.05) is 6.20 Å². The van der Waals surface area contributed by atoms with Gasteiger partial charge in [0.15, 0.2) is 0 Å². The lowest BCUT2D eigenvalue weighted by Crippen LogP contribution is -2.43. The standard InChI is InChI=1S/C25H21F3N4O5/c1-24(2)21(33)32(17-8-10-19(11-9-17)37-25(26,27)28)23(35)31(24)15-16-12-13-29-14-20(16)30-22(34)36-18-6-4-3-5-7-18/h3-14H,15H2,1-2H3,(H,30,34). The number of hydrogen-bond donors (Lipinski definition) is 1. The number of rotatable bonds is 6. The lowest BCUT2D eigenvalue weighted by molar-refractivity contribution is -0.274. The van der Waals surface area contributed by atoms with Gasteiger partial charge in [-0.25, -0.2) is 14.5 Å². The fraction of sp³-hybridized carbons (Fsp3) is 0.200. The van der Waals surface area contributed by atoms with Crippen LogP contribution >= 0.6 is 0 Å². The molecule has 0 saturated carbocycles. The maximum atomic E-state index is 13.3. The summed E-state index contributed by atoms with van der Waals surface area (Å²) < 4.78 is 46.5. The molecule has 0 atom stereocenters. The van der Waals surface area contributed by atoms with Crippen LogP contribution in [0.2, 0.25) is 0 Å². The normalized spacial score (nSPS) is 15.1. The van der Waals surface area contributed by atoms with Crippen molar-refractivity contribution >= 4 is 29.4 Å². The van der Waals surface area contributed by atoms with E-state index in [2.05, 4.69) is 15.0 Å². The van der Waals surface area contributed by atoms with E-state index in [-0.39, 0.29) is 17.9 Å². The molecule has 4 rings (SSSR count). The lowest BCUT2D eigenvalue weighted by Gasteiger charge is -2.28. The Morgan fingerprint density at radius 1 is 1.00 bits per heavy atom. The largest absolute Gasteiger partial charge is 0.573 e. The van der Waals surface area contributed by atoms with Crippen molar-refractivity contribution in [1.29, 1.82) is 0 Å². The maximum absolute atomic E-state index is 13.3. The number of urea groups is 1. The molecule has 3 aromatic rings. The van der Waals surface area contributed by atoms with E-state index in [1.807, 2.05) is 0 Å². The molecule has 192 valence electrons. The average molecular weight is 514 g/mol. The number of amides is 4. The molecular formula is C25H21F3N4O5. The van der Waals surface area contributed by atoms with Crippen LogP contribution in [0.25, 0.3) is 0 Å². The molecule has 0 aliphatic carbocycles. The third kappa shape index (κ3) is 5.63. The highest BCUT2D eigenvalue weighted by molar-refractivity contribution is 6.23. The molecule has 0 spiro atoms. The summed E-state index contributed by atoms with van der Waals surface area (Å²) in [5.74, 6) is -0.732. The minimum atomic E-state index is -4.87. The van der Waals surface area contributed by atoms with Crippen molar-refractivity contribution in [1.82, 2.24) is 9.88 Å². The molecule has 1 saturated heterocycles. The molecule has 0 unspecified atom stereocenters. The van der Waals surface area contributed by atoms with Crippen molar-refractivity contribution in [3.05, 3.63) is 78.6 Å². The first-order valence-corrected chi connectivity index (χ1v) is 10.9. The SMILES string of the molecule is CC1(C)C(=O)N(c2ccc(OC(F)(F)F)cc2)C(=O)N1Cc1ccncc1NC(=O)Oc1ccccc1. The second-order valence-electron chi connectivity index (χ2n) is 8.47. The first-order chi connectivity index (χ1) is 17.5. The van der Waals surface area contributed by atoms with E-state index in [0.717, 1.165) is 17.0 Å². The van der Waals surface area contributed by atoms with Gasteiger partial charge in [-0.3, -0.25) is 15.1 Å². The van der Waals surface area contributed by atoms with Crippen molar-refractivity contribution in [2.24, 2.45) is 0 Å². The van der Waals surface area contributed by atoms with Crippen LogP contribution in [0, 0.1) is 0 Å². The van der Waals surface area contributed by atoms with Gasteiger partial charge in [0.25, 0.3) is 5.91 Å². The third-order valence-corrected chi connectivity index (χ3v) is 5.58. The Balaban J connectivity index is 1.53. The molecule has 1 aliphatic heterocycles. The molecular weight excluding hydrogens is 493 g/mol. The molecule has 2 aromatic carbocycles. The summed E-state index contributed by atoms with van der Waals surface area (Å²) in [6, 6.07) is 13.7. The molecule has 0 bridgehead atoms. The Hall–Kier alpha value is -4.61. The van der Waals surface area contributed by atoms with E-state index < -0.39 is 35.7 Å². The number of imide groups is 1. The van der Waals surface area contributed by atoms with Crippen molar-refractivity contribution in [3.63, 3.8) is 0 Å². The van der Waals surface area contributed by atoms with Gasteiger partial charge in [0.05, 0.1) is 24.1 Å². The van der Waals surface area contributed by atoms with Crippen LogP contribution in [-0.2, 0) is 11.3 Å². The van der Waals surface area contributed by atoms with Crippen LogP contribution in [-0.4, -0.2) is 39.8 Å². The average Bonchev–Trinajstić information content (AvgIpc) is 3.00. The highest BCUT2D eigenvalue weighted by Crippen LogP contribution is 2.35. The number of pyridine rings is 1. The van der Waals surface area contributed by atoms with E-state index >= 15 is 0 Å². The summed E-state index contributed by atoms with van der Waals surface area (Å²) in [5, 5.41) is 2.59. The number of aromatic nitrogens is 1. The van der Waals surface area contributed by atoms with Crippen LogP contribution in [0.4, 0.5) is 34.1 Å². The summed E-state index contributed by atoms with van der Waals surface area (Å²) in [6.45, 7) is 3.02. The number of nitrogens with one attached hydrogen (secondary N) is 1. The lowest BCUT2D eigenvalue weighted by atomic mass is 10.0. The van der Waals surface area contributed by atoms with E-state index in [9.17, 15) is 27.6 Å². The Morgan fingerprint density at radius 3 is 2.32 bits per heavy atom. The molecule has 1 N–H and O–H groups in total. The van der Waals surface area contributed by atoms with Gasteiger partial charge in [-0.1, -0.05) is 18.2 Å². The third-order valence-electron chi connectivity index (χ3n) is 5.58. The van der Waals surface area contributed by atoms with Crippen LogP contribution in [0.3, 0.4) is 0 Å². The van der Waals surface area contributed by atoms with Crippen molar-refractivity contribution in [2.75, 3.05) is 10.2 Å². The number of carbonyl (C=O) groups is 3. The molecule has 37 heavy (non-hydrogen) atoms. The summed E-state index contributed by atoms with van der Waals surface area (Å²) in [5.41, 5.74) is -0.472. The maximum Gasteiger partial charge on any atom is 0.573 e. The van der Waals surface area contributed by atoms with Crippen molar-refractivity contribution in [2.45, 2.75) is 32.3 Å². The zero-order valence-corrected chi connectivity index (χ0v) is 19.7. The summed E-state index contributed by atoms with van der Waals surface area (Å²) in [6.07, 6.45) is -2.79. The zero-order valence-electron chi connectivity index (χ0n) is 19.7. The molecule has 1 aromatic heterocycles. The van der Waals surface area contributed by atoms with Gasteiger partial charge < -0.3 is 14.4 Å². The smallest absolute Gasteiger partial charge is 0.410 e. The molecule has 12 heteroatoms. The molecule has 9 nitrogen and oxygen atoms in total. The minimum absolute atomic E-state index is 0.0766. The highest BCUT2D eigenvalue weighted by Gasteiger charge is 2.52. The van der Waals surface area contributed by atoms with E-state index in [1.165, 1.54) is 29.4 Å². The first-order valence-electron chi connectivity index (χ1n) is 10.9. The number of ether oxygens (including phenoxy) is 2. The van der Waals surface area contributed by atoms with Gasteiger partial charge in [0.2, 0.25) is 0 Å². The fourth-order valence-electron chi connectivity index (χ4n) is 3.70. The minimum Gasteiger partial charge on any atom is -0.410 e. The number of anilines is 2. The Labute approximate surface area is 209 Å². The first kappa shape index (κ1) is 25.5. The highest BCUT2D eigenvalue weighted by atomic mass is 19.4. The summed E-state index contributed by atoms with van der Waals surface area (Å²) >= 11 is 0. The van der Waals surface area contributed by atoms with Crippen LogP contribution in [0.15, 0.2) is 73.1 Å². The van der Waals surface area contributed by atoms with Gasteiger partial charge in [0.1, 0.15) is 17.0 Å². The number of hydrogen-bond acceptors (Lipinski definition) is 6. The quantitative estimate of drug-likeness (QED) is 0.446. The van der Waals surface area contributed by atoms with Crippen molar-refractivity contribution in [3.8, 4) is 11.5 Å². The van der Waals surface area contributed by atoms with Crippen LogP contribution < -0.4 is 19.7 Å². The monoisotopic (exact) mass is 514 g/mol. The van der Waals surface area contributed by atoms with Gasteiger partial charge in [-0.15, -0.1) is 13.2 Å². The molecule has 2 heterocycles. The zero-order chi connectivity index (χ0) is 26.8. The second kappa shape index (κ2) is 9.80. The van der Waals surface area contributed by atoms with Crippen LogP contribution in [0.1, 0.15) is 19.4 Å². The van der Waals surface area contributed by atoms with E-state index in [0.29, 0.717) is 11.3 Å². The Morgan fingerprint density at radius 2 is 1.68 bits per heavy atom.